The fraction of sp³-hybridized carbons (Fsp3) is 0.927. The van der Waals surface area contributed by atoms with E-state index in [-0.39, 0.29) is 18.9 Å². The molecule has 0 aromatic carbocycles. The van der Waals surface area contributed by atoms with Crippen molar-refractivity contribution in [1.29, 1.82) is 0 Å². The molecule has 14 heteroatoms. The Labute approximate surface area is 329 Å². The molecule has 1 amide bonds. The smallest absolute Gasteiger partial charge is 0.220 e. The molecule has 55 heavy (non-hydrogen) atoms. The number of hydrogen-bond donors (Lipinski definition) is 9. The summed E-state index contributed by atoms with van der Waals surface area (Å²) in [4.78, 5) is 13.0. The van der Waals surface area contributed by atoms with Crippen LogP contribution in [0.3, 0.4) is 0 Å². The fourth-order valence-electron chi connectivity index (χ4n) is 7.11. The van der Waals surface area contributed by atoms with Crippen molar-refractivity contribution in [2.24, 2.45) is 0 Å². The predicted molar refractivity (Wildman–Crippen MR) is 208 cm³/mol. The minimum absolute atomic E-state index is 0.244. The normalized spacial score (nSPS) is 29.8. The Morgan fingerprint density at radius 1 is 0.636 bits per heavy atom. The van der Waals surface area contributed by atoms with E-state index >= 15 is 0 Å². The first kappa shape index (κ1) is 49.9. The summed E-state index contributed by atoms with van der Waals surface area (Å²) in [6, 6.07) is -0.904. The number of unbranched alkanes of at least 4 members (excludes halogenated alkanes) is 18. The minimum atomic E-state index is -1.78. The molecule has 2 rings (SSSR count). The summed E-state index contributed by atoms with van der Waals surface area (Å²) in [5.74, 6) is -0.244. The van der Waals surface area contributed by atoms with Crippen LogP contribution in [-0.2, 0) is 23.7 Å². The van der Waals surface area contributed by atoms with Crippen LogP contribution in [0.25, 0.3) is 0 Å². The van der Waals surface area contributed by atoms with E-state index < -0.39 is 86.8 Å². The van der Waals surface area contributed by atoms with Crippen LogP contribution in [0.2, 0.25) is 0 Å². The van der Waals surface area contributed by atoms with Crippen molar-refractivity contribution in [1.82, 2.24) is 5.32 Å². The molecular weight excluding hydrogens is 714 g/mol. The van der Waals surface area contributed by atoms with Crippen LogP contribution in [0, 0.1) is 0 Å². The molecule has 9 N–H and O–H groups in total. The van der Waals surface area contributed by atoms with Crippen molar-refractivity contribution in [2.75, 3.05) is 19.8 Å². The minimum Gasteiger partial charge on any atom is -0.394 e. The summed E-state index contributed by atoms with van der Waals surface area (Å²) in [6.07, 6.45) is 9.91. The van der Waals surface area contributed by atoms with Gasteiger partial charge in [0, 0.05) is 6.42 Å². The highest BCUT2D eigenvalue weighted by atomic mass is 16.7. The Hall–Kier alpha value is -1.27. The van der Waals surface area contributed by atoms with Crippen molar-refractivity contribution in [2.45, 2.75) is 222 Å². The molecule has 0 aliphatic carbocycles. The lowest BCUT2D eigenvalue weighted by Gasteiger charge is -2.46. The predicted octanol–water partition coefficient (Wildman–Crippen LogP) is 3.26. The average Bonchev–Trinajstić information content (AvgIpc) is 3.18. The van der Waals surface area contributed by atoms with Crippen LogP contribution in [0.1, 0.15) is 149 Å². The molecule has 12 atom stereocenters. The van der Waals surface area contributed by atoms with Gasteiger partial charge < -0.3 is 65.1 Å². The van der Waals surface area contributed by atoms with Crippen molar-refractivity contribution in [3.8, 4) is 0 Å². The second-order valence-electron chi connectivity index (χ2n) is 15.5. The topological polar surface area (TPSA) is 228 Å². The summed E-state index contributed by atoms with van der Waals surface area (Å²) in [5, 5.41) is 86.1. The zero-order valence-electron chi connectivity index (χ0n) is 33.7. The van der Waals surface area contributed by atoms with Crippen molar-refractivity contribution in [3.05, 3.63) is 12.2 Å². The maximum absolute atomic E-state index is 13.0. The van der Waals surface area contributed by atoms with E-state index in [1.165, 1.54) is 83.5 Å². The first-order chi connectivity index (χ1) is 26.6. The van der Waals surface area contributed by atoms with Crippen molar-refractivity contribution < 1.29 is 64.6 Å². The van der Waals surface area contributed by atoms with Crippen LogP contribution in [-0.4, -0.2) is 140 Å². The summed E-state index contributed by atoms with van der Waals surface area (Å²) in [6.45, 7) is 2.71. The van der Waals surface area contributed by atoms with E-state index in [2.05, 4.69) is 19.2 Å². The van der Waals surface area contributed by atoms with E-state index in [0.29, 0.717) is 6.42 Å². The number of amides is 1. The van der Waals surface area contributed by atoms with Gasteiger partial charge >= 0.3 is 0 Å². The van der Waals surface area contributed by atoms with Gasteiger partial charge in [0.1, 0.15) is 48.8 Å². The molecule has 0 spiro atoms. The first-order valence-corrected chi connectivity index (χ1v) is 21.4. The number of ether oxygens (including phenoxy) is 4. The molecule has 0 aromatic heterocycles. The molecule has 2 aliphatic rings. The molecule has 0 saturated carbocycles. The number of hydrogen-bond acceptors (Lipinski definition) is 13. The Morgan fingerprint density at radius 2 is 1.13 bits per heavy atom. The summed E-state index contributed by atoms with van der Waals surface area (Å²) in [5.41, 5.74) is 0. The van der Waals surface area contributed by atoms with E-state index in [4.69, 9.17) is 18.9 Å². The maximum atomic E-state index is 13.0. The van der Waals surface area contributed by atoms with Gasteiger partial charge in [-0.25, -0.2) is 0 Å². The fourth-order valence-corrected chi connectivity index (χ4v) is 7.11. The highest BCUT2D eigenvalue weighted by Crippen LogP contribution is 2.30. The number of nitrogens with one attached hydrogen (secondary N) is 1. The Balaban J connectivity index is 1.93. The van der Waals surface area contributed by atoms with Crippen LogP contribution in [0.5, 0.6) is 0 Å². The van der Waals surface area contributed by atoms with E-state index in [9.17, 15) is 45.6 Å². The zero-order chi connectivity index (χ0) is 40.4. The number of carbonyl (C=O) groups excluding carboxylic acids is 1. The molecule has 324 valence electrons. The first-order valence-electron chi connectivity index (χ1n) is 21.4. The number of aliphatic hydroxyl groups is 8. The van der Waals surface area contributed by atoms with Gasteiger partial charge in [-0.05, 0) is 19.3 Å². The standard InChI is InChI=1S/C41H77NO13/c1-3-5-7-9-11-13-14-15-17-19-21-23-25-33(46)42-29(30(45)24-22-20-18-16-12-10-8-6-4-2)28-52-40-38(51)36(49)39(32(27-44)54-40)55-41-37(50)35(48)34(47)31(26-43)53-41/h22,24,29-32,34-41,43-45,47-51H,3-21,23,25-28H2,1-2H3,(H,42,46)/b24-22+/t29-,30+,31+,32+,34-,35?,36?,37?,38?,39+,40+,41-/m0/s1. The van der Waals surface area contributed by atoms with Gasteiger partial charge in [-0.1, -0.05) is 135 Å². The molecule has 2 aliphatic heterocycles. The lowest BCUT2D eigenvalue weighted by molar-refractivity contribution is -0.359. The third kappa shape index (κ3) is 18.9. The third-order valence-electron chi connectivity index (χ3n) is 10.7. The lowest BCUT2D eigenvalue weighted by Crippen LogP contribution is -2.65. The van der Waals surface area contributed by atoms with Gasteiger partial charge in [-0.2, -0.15) is 0 Å². The summed E-state index contributed by atoms with van der Waals surface area (Å²) < 4.78 is 22.5. The largest absolute Gasteiger partial charge is 0.394 e. The Bertz CT molecular complexity index is 988. The van der Waals surface area contributed by atoms with Crippen LogP contribution in [0.15, 0.2) is 12.2 Å². The Kier molecular flexibility index (Phi) is 27.1. The molecule has 0 aromatic rings. The van der Waals surface area contributed by atoms with Crippen molar-refractivity contribution >= 4 is 5.91 Å². The highest BCUT2D eigenvalue weighted by molar-refractivity contribution is 5.76. The number of carbonyl (C=O) groups is 1. The average molecular weight is 792 g/mol. The molecule has 0 radical (unpaired) electrons. The molecule has 14 nitrogen and oxygen atoms in total. The maximum Gasteiger partial charge on any atom is 0.220 e. The lowest BCUT2D eigenvalue weighted by atomic mass is 9.97. The SMILES string of the molecule is CCCCCCCCC/C=C/[C@@H](O)[C@H](CO[C@@H]1O[C@H](CO)[C@@H](O[C@@H]2O[C@H](CO)[C@H](O)C(O)C2O)C(O)C1O)NC(=O)CCCCCCCCCCCCCC. The van der Waals surface area contributed by atoms with Gasteiger partial charge in [0.15, 0.2) is 12.6 Å². The number of rotatable bonds is 31. The molecule has 0 bridgehead atoms. The molecule has 2 heterocycles. The highest BCUT2D eigenvalue weighted by Gasteiger charge is 2.50. The van der Waals surface area contributed by atoms with Gasteiger partial charge in [0.25, 0.3) is 0 Å². The third-order valence-corrected chi connectivity index (χ3v) is 10.7. The van der Waals surface area contributed by atoms with E-state index in [1.807, 2.05) is 6.08 Å². The van der Waals surface area contributed by atoms with Gasteiger partial charge in [0.05, 0.1) is 32.0 Å². The number of allylic oxidation sites excluding steroid dienone is 1. The zero-order valence-corrected chi connectivity index (χ0v) is 33.7. The van der Waals surface area contributed by atoms with Gasteiger partial charge in [-0.3, -0.25) is 4.79 Å². The van der Waals surface area contributed by atoms with Gasteiger partial charge in [-0.15, -0.1) is 0 Å². The van der Waals surface area contributed by atoms with Crippen LogP contribution in [0.4, 0.5) is 0 Å². The molecular formula is C41H77NO13. The van der Waals surface area contributed by atoms with Crippen molar-refractivity contribution in [3.63, 3.8) is 0 Å². The molecule has 2 fully saturated rings. The quantitative estimate of drug-likeness (QED) is 0.0364. The summed E-state index contributed by atoms with van der Waals surface area (Å²) in [7, 11) is 0. The van der Waals surface area contributed by atoms with Gasteiger partial charge in [0.2, 0.25) is 5.91 Å². The number of aliphatic hydroxyl groups excluding tert-OH is 8. The monoisotopic (exact) mass is 792 g/mol. The second kappa shape index (κ2) is 29.9. The second-order valence-corrected chi connectivity index (χ2v) is 15.5. The van der Waals surface area contributed by atoms with Crippen LogP contribution < -0.4 is 5.32 Å². The molecule has 2 saturated heterocycles. The van der Waals surface area contributed by atoms with E-state index in [0.717, 1.165) is 38.5 Å². The van der Waals surface area contributed by atoms with Crippen LogP contribution >= 0.6 is 0 Å². The molecule has 4 unspecified atom stereocenters. The summed E-state index contributed by atoms with van der Waals surface area (Å²) >= 11 is 0. The van der Waals surface area contributed by atoms with E-state index in [1.54, 1.807) is 6.08 Å². The Morgan fingerprint density at radius 3 is 1.67 bits per heavy atom.